The van der Waals surface area contributed by atoms with Crippen molar-refractivity contribution in [2.45, 2.75) is 26.1 Å². The minimum atomic E-state index is -4.04. The van der Waals surface area contributed by atoms with Gasteiger partial charge in [-0.2, -0.15) is 0 Å². The molecule has 0 amide bonds. The van der Waals surface area contributed by atoms with Gasteiger partial charge in [0.2, 0.25) is 0 Å². The first-order chi connectivity index (χ1) is 7.73. The third kappa shape index (κ3) is 5.78. The average Bonchev–Trinajstić information content (AvgIpc) is 2.25. The zero-order valence-electron chi connectivity index (χ0n) is 10.0. The largest absolute Gasteiger partial charge is 0.467 e. The number of hydrogen-bond acceptors (Lipinski definition) is 7. The molecule has 0 aliphatic rings. The molecule has 0 aliphatic heterocycles. The predicted octanol–water partition coefficient (Wildman–Crippen LogP) is 0.209. The van der Waals surface area contributed by atoms with Crippen molar-refractivity contribution < 1.29 is 32.7 Å². The molecular weight excluding hydrogens is 253 g/mol. The molecule has 2 N–H and O–H groups in total. The lowest BCUT2D eigenvalue weighted by atomic mass is 10.4. The van der Waals surface area contributed by atoms with Crippen molar-refractivity contribution >= 4 is 19.7 Å². The highest BCUT2D eigenvalue weighted by molar-refractivity contribution is 7.51. The van der Waals surface area contributed by atoms with Crippen LogP contribution in [0.4, 0.5) is 0 Å². The van der Waals surface area contributed by atoms with Crippen LogP contribution in [0.1, 0.15) is 13.8 Å². The molecule has 0 aromatic rings. The lowest BCUT2D eigenvalue weighted by Crippen LogP contribution is -2.27. The van der Waals surface area contributed by atoms with Gasteiger partial charge in [0.15, 0.2) is 12.2 Å². The molecule has 0 rings (SSSR count). The molecule has 0 heterocycles. The number of nitrogens with two attached hydrogens (primary N) is 1. The van der Waals surface area contributed by atoms with Gasteiger partial charge in [0.1, 0.15) is 0 Å². The van der Waals surface area contributed by atoms with E-state index in [9.17, 15) is 14.2 Å². The van der Waals surface area contributed by atoms with Crippen LogP contribution in [0.2, 0.25) is 0 Å². The monoisotopic (exact) mass is 269 g/mol. The zero-order valence-corrected chi connectivity index (χ0v) is 10.9. The van der Waals surface area contributed by atoms with Crippen molar-refractivity contribution in [2.24, 2.45) is 5.50 Å². The summed E-state index contributed by atoms with van der Waals surface area (Å²) in [4.78, 5) is 22.0. The molecule has 8 nitrogen and oxygen atoms in total. The third-order valence-electron chi connectivity index (χ3n) is 1.68. The summed E-state index contributed by atoms with van der Waals surface area (Å²) in [5, 5.41) is 0. The van der Waals surface area contributed by atoms with Crippen LogP contribution in [0.15, 0.2) is 0 Å². The van der Waals surface area contributed by atoms with E-state index in [1.54, 1.807) is 0 Å². The van der Waals surface area contributed by atoms with E-state index in [-0.39, 0.29) is 0 Å². The van der Waals surface area contributed by atoms with E-state index in [0.29, 0.717) is 0 Å². The summed E-state index contributed by atoms with van der Waals surface area (Å²) in [5.41, 5.74) is 5.20. The van der Waals surface area contributed by atoms with Crippen molar-refractivity contribution in [3.8, 4) is 0 Å². The SMILES string of the molecule is COC(=O)[C@H](C)OP(N)(=O)O[C@@H](C)C(=O)OC. The predicted molar refractivity (Wildman–Crippen MR) is 56.9 cm³/mol. The molecule has 17 heavy (non-hydrogen) atoms. The Hall–Kier alpha value is -0.950. The van der Waals surface area contributed by atoms with Crippen LogP contribution in [0.3, 0.4) is 0 Å². The normalized spacial score (nSPS) is 14.9. The fourth-order valence-electron chi connectivity index (χ4n) is 0.884. The van der Waals surface area contributed by atoms with Gasteiger partial charge in [0, 0.05) is 0 Å². The topological polar surface area (TPSA) is 114 Å². The Kier molecular flexibility index (Phi) is 6.33. The van der Waals surface area contributed by atoms with Crippen LogP contribution in [-0.4, -0.2) is 38.4 Å². The van der Waals surface area contributed by atoms with E-state index in [4.69, 9.17) is 5.50 Å². The van der Waals surface area contributed by atoms with E-state index >= 15 is 0 Å². The fraction of sp³-hybridized carbons (Fsp3) is 0.750. The van der Waals surface area contributed by atoms with Gasteiger partial charge in [-0.05, 0) is 13.8 Å². The van der Waals surface area contributed by atoms with E-state index in [2.05, 4.69) is 18.5 Å². The fourth-order valence-corrected chi connectivity index (χ4v) is 1.99. The molecule has 100 valence electrons. The summed E-state index contributed by atoms with van der Waals surface area (Å²) < 4.78 is 29.6. The van der Waals surface area contributed by atoms with Gasteiger partial charge in [-0.15, -0.1) is 0 Å². The minimum absolute atomic E-state index is 0.759. The second kappa shape index (κ2) is 6.70. The summed E-state index contributed by atoms with van der Waals surface area (Å²) in [6.45, 7) is 2.58. The highest BCUT2D eigenvalue weighted by Crippen LogP contribution is 2.42. The van der Waals surface area contributed by atoms with Crippen LogP contribution < -0.4 is 5.50 Å². The van der Waals surface area contributed by atoms with Crippen LogP contribution in [0.5, 0.6) is 0 Å². The van der Waals surface area contributed by atoms with E-state index in [0.717, 1.165) is 14.2 Å². The molecule has 0 aliphatic carbocycles. The second-order valence-electron chi connectivity index (χ2n) is 3.08. The van der Waals surface area contributed by atoms with Gasteiger partial charge in [-0.1, -0.05) is 0 Å². The number of ether oxygens (including phenoxy) is 2. The lowest BCUT2D eigenvalue weighted by molar-refractivity contribution is -0.150. The van der Waals surface area contributed by atoms with Gasteiger partial charge in [0.25, 0.3) is 0 Å². The Morgan fingerprint density at radius 2 is 1.29 bits per heavy atom. The summed E-state index contributed by atoms with van der Waals surface area (Å²) in [5.74, 6) is -1.52. The molecule has 0 aromatic carbocycles. The first kappa shape index (κ1) is 16.1. The van der Waals surface area contributed by atoms with E-state index < -0.39 is 31.9 Å². The molecule has 0 fully saturated rings. The number of hydrogen-bond donors (Lipinski definition) is 1. The average molecular weight is 269 g/mol. The lowest BCUT2D eigenvalue weighted by Gasteiger charge is -2.19. The number of methoxy groups -OCH3 is 2. The first-order valence-electron chi connectivity index (χ1n) is 4.64. The smallest absolute Gasteiger partial charge is 0.404 e. The van der Waals surface area contributed by atoms with Crippen LogP contribution in [-0.2, 0) is 32.7 Å². The number of esters is 2. The molecule has 0 bridgehead atoms. The molecule has 2 atom stereocenters. The molecule has 9 heteroatoms. The highest BCUT2D eigenvalue weighted by atomic mass is 31.2. The van der Waals surface area contributed by atoms with Crippen molar-refractivity contribution in [3.05, 3.63) is 0 Å². The van der Waals surface area contributed by atoms with Crippen LogP contribution in [0, 0.1) is 0 Å². The maximum absolute atomic E-state index is 11.6. The number of carbonyl (C=O) groups is 2. The standard InChI is InChI=1S/C8H16NO7P/c1-5(7(10)13-3)15-17(9,12)16-6(2)8(11)14-4/h5-6H,1-4H3,(H2,9,12)/t5-,6-/m0/s1. The maximum Gasteiger partial charge on any atom is 0.404 e. The highest BCUT2D eigenvalue weighted by Gasteiger charge is 2.31. The molecule has 0 aromatic heterocycles. The van der Waals surface area contributed by atoms with E-state index in [1.807, 2.05) is 0 Å². The van der Waals surface area contributed by atoms with Crippen molar-refractivity contribution in [3.63, 3.8) is 0 Å². The first-order valence-corrected chi connectivity index (χ1v) is 6.25. The van der Waals surface area contributed by atoms with Gasteiger partial charge >= 0.3 is 19.7 Å². The van der Waals surface area contributed by atoms with Crippen molar-refractivity contribution in [1.82, 2.24) is 0 Å². The quantitative estimate of drug-likeness (QED) is 0.537. The van der Waals surface area contributed by atoms with Crippen LogP contribution in [0.25, 0.3) is 0 Å². The van der Waals surface area contributed by atoms with Gasteiger partial charge in [-0.3, -0.25) is 9.05 Å². The van der Waals surface area contributed by atoms with E-state index in [1.165, 1.54) is 13.8 Å². The minimum Gasteiger partial charge on any atom is -0.467 e. The molecule has 0 saturated heterocycles. The number of carbonyl (C=O) groups excluding carboxylic acids is 2. The molecular formula is C8H16NO7P. The molecule has 0 unspecified atom stereocenters. The Labute approximate surface area is 98.9 Å². The molecule has 0 saturated carbocycles. The Morgan fingerprint density at radius 1 is 1.00 bits per heavy atom. The zero-order chi connectivity index (χ0) is 13.6. The summed E-state index contributed by atoms with van der Waals surface area (Å²) in [6.07, 6.45) is -2.33. The van der Waals surface area contributed by atoms with Gasteiger partial charge in [0.05, 0.1) is 14.2 Å². The Bertz CT molecular complexity index is 304. The maximum atomic E-state index is 11.6. The second-order valence-corrected chi connectivity index (χ2v) is 4.58. The van der Waals surface area contributed by atoms with Crippen molar-refractivity contribution in [2.75, 3.05) is 14.2 Å². The van der Waals surface area contributed by atoms with Gasteiger partial charge < -0.3 is 9.47 Å². The summed E-state index contributed by atoms with van der Waals surface area (Å²) >= 11 is 0. The molecule has 0 radical (unpaired) electrons. The van der Waals surface area contributed by atoms with Crippen LogP contribution >= 0.6 is 7.75 Å². The van der Waals surface area contributed by atoms with Crippen molar-refractivity contribution in [1.29, 1.82) is 0 Å². The molecule has 0 spiro atoms. The summed E-state index contributed by atoms with van der Waals surface area (Å²) in [6, 6.07) is 0. The Balaban J connectivity index is 4.44. The van der Waals surface area contributed by atoms with Gasteiger partial charge in [-0.25, -0.2) is 19.7 Å². The Morgan fingerprint density at radius 3 is 1.53 bits per heavy atom. The third-order valence-corrected chi connectivity index (χ3v) is 2.90. The summed E-state index contributed by atoms with van der Waals surface area (Å²) in [7, 11) is -1.76. The number of rotatable bonds is 6.